The first-order valence-electron chi connectivity index (χ1n) is 2.33. The van der Waals surface area contributed by atoms with Crippen LogP contribution in [0.2, 0.25) is 0 Å². The van der Waals surface area contributed by atoms with Crippen molar-refractivity contribution in [1.29, 1.82) is 0 Å². The lowest BCUT2D eigenvalue weighted by molar-refractivity contribution is -0.731. The fourth-order valence-corrected chi connectivity index (χ4v) is 0.482. The van der Waals surface area contributed by atoms with Gasteiger partial charge in [-0.05, 0) is 0 Å². The summed E-state index contributed by atoms with van der Waals surface area (Å²) in [5, 5.41) is 19.0. The van der Waals surface area contributed by atoms with Crippen LogP contribution in [0, 0.1) is 5.21 Å². The van der Waals surface area contributed by atoms with E-state index in [9.17, 15) is 5.21 Å². The van der Waals surface area contributed by atoms with Gasteiger partial charge in [0.05, 0.1) is 6.61 Å². The third kappa shape index (κ3) is 0.626. The van der Waals surface area contributed by atoms with Crippen molar-refractivity contribution in [3.63, 3.8) is 0 Å². The van der Waals surface area contributed by atoms with Gasteiger partial charge in [0.2, 0.25) is 5.71 Å². The molecule has 0 bridgehead atoms. The van der Waals surface area contributed by atoms with Crippen LogP contribution < -0.4 is 0 Å². The van der Waals surface area contributed by atoms with E-state index in [1.54, 1.807) is 0 Å². The fourth-order valence-electron chi connectivity index (χ4n) is 0.482. The second kappa shape index (κ2) is 1.63. The lowest BCUT2D eigenvalue weighted by atomic mass is 10.3. The van der Waals surface area contributed by atoms with Gasteiger partial charge in [0.25, 0.3) is 0 Å². The summed E-state index contributed by atoms with van der Waals surface area (Å²) in [6.45, 7) is 1.62. The van der Waals surface area contributed by atoms with Crippen LogP contribution in [0.15, 0.2) is 0 Å². The van der Waals surface area contributed by atoms with Crippen LogP contribution in [-0.4, -0.2) is 28.4 Å². The smallest absolute Gasteiger partial charge is 0.248 e. The van der Waals surface area contributed by atoms with Gasteiger partial charge >= 0.3 is 0 Å². The molecule has 0 aromatic carbocycles. The molecule has 1 aliphatic rings. The summed E-state index contributed by atoms with van der Waals surface area (Å²) in [5.74, 6) is 0. The van der Waals surface area contributed by atoms with Crippen LogP contribution in [0.3, 0.4) is 0 Å². The first kappa shape index (κ1) is 5.37. The Bertz CT molecular complexity index is 131. The average molecular weight is 117 g/mol. The summed E-state index contributed by atoms with van der Waals surface area (Å²) in [7, 11) is 0. The Morgan fingerprint density at radius 3 is 2.75 bits per heavy atom. The van der Waals surface area contributed by atoms with Crippen molar-refractivity contribution in [2.24, 2.45) is 0 Å². The van der Waals surface area contributed by atoms with Crippen molar-refractivity contribution in [2.75, 3.05) is 6.61 Å². The maximum atomic E-state index is 10.3. The molecule has 0 spiro atoms. The van der Waals surface area contributed by atoms with E-state index in [2.05, 4.69) is 4.84 Å². The molecule has 8 heavy (non-hydrogen) atoms. The van der Waals surface area contributed by atoms with Crippen LogP contribution in [0.5, 0.6) is 0 Å². The Balaban J connectivity index is 2.71. The molecule has 0 radical (unpaired) electrons. The molecule has 4 heteroatoms. The van der Waals surface area contributed by atoms with Crippen molar-refractivity contribution < 1.29 is 14.8 Å². The first-order valence-corrected chi connectivity index (χ1v) is 2.33. The van der Waals surface area contributed by atoms with Gasteiger partial charge < -0.3 is 9.94 Å². The molecular weight excluding hydrogens is 110 g/mol. The van der Waals surface area contributed by atoms with Crippen LogP contribution in [0.4, 0.5) is 0 Å². The van der Waals surface area contributed by atoms with Crippen molar-refractivity contribution >= 4 is 5.71 Å². The van der Waals surface area contributed by atoms with Crippen LogP contribution in [0.25, 0.3) is 0 Å². The summed E-state index contributed by atoms with van der Waals surface area (Å²) in [5.41, 5.74) is 0.324. The number of hydrogen-bond acceptors (Lipinski definition) is 3. The molecule has 1 rings (SSSR count). The summed E-state index contributed by atoms with van der Waals surface area (Å²) in [6.07, 6.45) is -0.701. The Morgan fingerprint density at radius 2 is 2.62 bits per heavy atom. The number of aliphatic hydroxyl groups excluding tert-OH is 1. The summed E-state index contributed by atoms with van der Waals surface area (Å²) < 4.78 is 0. The SMILES string of the molecule is CC1=[N+]([O-])OC[C@H]1O. The van der Waals surface area contributed by atoms with Gasteiger partial charge in [0, 0.05) is 11.8 Å². The third-order valence-corrected chi connectivity index (χ3v) is 1.12. The molecule has 0 fully saturated rings. The largest absolute Gasteiger partial charge is 0.400 e. The molecule has 0 aliphatic carbocycles. The predicted octanol–water partition coefficient (Wildman–Crippen LogP) is -0.736. The maximum Gasteiger partial charge on any atom is 0.248 e. The van der Waals surface area contributed by atoms with Crippen molar-refractivity contribution in [2.45, 2.75) is 13.0 Å². The predicted molar refractivity (Wildman–Crippen MR) is 26.3 cm³/mol. The average Bonchev–Trinajstić information content (AvgIpc) is 1.98. The highest BCUT2D eigenvalue weighted by Crippen LogP contribution is 1.98. The minimum absolute atomic E-state index is 0.0926. The van der Waals surface area contributed by atoms with Gasteiger partial charge in [0.15, 0.2) is 6.10 Å². The lowest BCUT2D eigenvalue weighted by Crippen LogP contribution is -2.17. The lowest BCUT2D eigenvalue weighted by Gasteiger charge is -1.91. The molecule has 0 unspecified atom stereocenters. The zero-order chi connectivity index (χ0) is 6.15. The van der Waals surface area contributed by atoms with Crippen molar-refractivity contribution in [1.82, 2.24) is 0 Å². The number of rotatable bonds is 0. The van der Waals surface area contributed by atoms with E-state index in [1.807, 2.05) is 0 Å². The molecule has 1 heterocycles. The van der Waals surface area contributed by atoms with E-state index in [0.29, 0.717) is 10.6 Å². The molecule has 46 valence electrons. The van der Waals surface area contributed by atoms with Crippen LogP contribution in [-0.2, 0) is 4.84 Å². The Hall–Kier alpha value is -0.770. The van der Waals surface area contributed by atoms with E-state index < -0.39 is 6.10 Å². The zero-order valence-corrected chi connectivity index (χ0v) is 4.50. The van der Waals surface area contributed by atoms with Gasteiger partial charge in [-0.15, -0.1) is 0 Å². The van der Waals surface area contributed by atoms with Gasteiger partial charge in [-0.3, -0.25) is 5.21 Å². The maximum absolute atomic E-state index is 10.3. The number of aliphatic hydroxyl groups is 1. The Labute approximate surface area is 46.5 Å². The van der Waals surface area contributed by atoms with Gasteiger partial charge in [-0.1, -0.05) is 0 Å². The topological polar surface area (TPSA) is 55.5 Å². The minimum atomic E-state index is -0.701. The third-order valence-electron chi connectivity index (χ3n) is 1.12. The summed E-state index contributed by atoms with van der Waals surface area (Å²) in [6, 6.07) is 0. The Kier molecular flexibility index (Phi) is 1.09. The minimum Gasteiger partial charge on any atom is -0.400 e. The fraction of sp³-hybridized carbons (Fsp3) is 0.750. The molecule has 0 amide bonds. The molecular formula is C4H7NO3. The van der Waals surface area contributed by atoms with E-state index in [1.165, 1.54) is 6.92 Å². The van der Waals surface area contributed by atoms with E-state index in [0.717, 1.165) is 0 Å². The normalized spacial score (nSPS) is 28.5. The molecule has 0 aromatic rings. The van der Waals surface area contributed by atoms with E-state index in [4.69, 9.17) is 5.11 Å². The summed E-state index contributed by atoms with van der Waals surface area (Å²) in [4.78, 5) is 4.71. The molecule has 1 N–H and O–H groups in total. The zero-order valence-electron chi connectivity index (χ0n) is 4.50. The Morgan fingerprint density at radius 1 is 2.00 bits per heavy atom. The highest BCUT2D eigenvalue weighted by molar-refractivity contribution is 5.82. The van der Waals surface area contributed by atoms with E-state index >= 15 is 0 Å². The summed E-state index contributed by atoms with van der Waals surface area (Å²) >= 11 is 0. The molecule has 1 atom stereocenters. The molecule has 0 saturated carbocycles. The van der Waals surface area contributed by atoms with Crippen LogP contribution in [0.1, 0.15) is 6.92 Å². The molecule has 0 aromatic heterocycles. The second-order valence-electron chi connectivity index (χ2n) is 1.71. The quantitative estimate of drug-likeness (QED) is 0.425. The van der Waals surface area contributed by atoms with Gasteiger partial charge in [0.1, 0.15) is 0 Å². The number of nitrogens with zero attached hydrogens (tertiary/aromatic N) is 1. The van der Waals surface area contributed by atoms with Crippen molar-refractivity contribution in [3.05, 3.63) is 5.21 Å². The standard InChI is InChI=1S/C4H7NO3/c1-3-4(6)2-8-5(3)7/h4,6H,2H2,1H3/t4-/m1/s1. The second-order valence-corrected chi connectivity index (χ2v) is 1.71. The van der Waals surface area contributed by atoms with Crippen LogP contribution >= 0.6 is 0 Å². The molecule has 0 saturated heterocycles. The molecule has 4 nitrogen and oxygen atoms in total. The van der Waals surface area contributed by atoms with Crippen molar-refractivity contribution in [3.8, 4) is 0 Å². The van der Waals surface area contributed by atoms with Gasteiger partial charge in [-0.25, -0.2) is 0 Å². The van der Waals surface area contributed by atoms with E-state index in [-0.39, 0.29) is 6.61 Å². The highest BCUT2D eigenvalue weighted by Gasteiger charge is 2.23. The highest BCUT2D eigenvalue weighted by atomic mass is 16.9. The first-order chi connectivity index (χ1) is 3.72. The van der Waals surface area contributed by atoms with Gasteiger partial charge in [-0.2, -0.15) is 0 Å². The monoisotopic (exact) mass is 117 g/mol. The molecule has 1 aliphatic heterocycles. The number of hydrogen-bond donors (Lipinski definition) is 1.